The molecule has 1 unspecified atom stereocenters. The van der Waals surface area contributed by atoms with E-state index in [0.29, 0.717) is 6.04 Å². The molecule has 3 aromatic rings. The van der Waals surface area contributed by atoms with Gasteiger partial charge in [-0.3, -0.25) is 4.90 Å². The van der Waals surface area contributed by atoms with E-state index < -0.39 is 0 Å². The molecule has 4 rings (SSSR count). The lowest BCUT2D eigenvalue weighted by Crippen LogP contribution is -2.43. The summed E-state index contributed by atoms with van der Waals surface area (Å²) in [6.45, 7) is 5.27. The number of rotatable bonds is 7. The van der Waals surface area contributed by atoms with Gasteiger partial charge in [0.05, 0.1) is 13.2 Å². The van der Waals surface area contributed by atoms with Crippen LogP contribution in [-0.2, 0) is 6.54 Å². The van der Waals surface area contributed by atoms with E-state index in [9.17, 15) is 0 Å². The predicted octanol–water partition coefficient (Wildman–Crippen LogP) is 5.35. The summed E-state index contributed by atoms with van der Waals surface area (Å²) < 4.78 is 5.51. The zero-order chi connectivity index (χ0) is 20.8. The van der Waals surface area contributed by atoms with Gasteiger partial charge in [0.15, 0.2) is 0 Å². The third kappa shape index (κ3) is 5.10. The summed E-state index contributed by atoms with van der Waals surface area (Å²) in [5, 5.41) is 3.76. The van der Waals surface area contributed by atoms with E-state index >= 15 is 0 Å². The maximum atomic E-state index is 5.51. The fraction of sp³-hybridized carbons (Fsp3) is 0.333. The summed E-state index contributed by atoms with van der Waals surface area (Å²) in [7, 11) is 1.74. The second kappa shape index (κ2) is 9.92. The van der Waals surface area contributed by atoms with Crippen molar-refractivity contribution >= 4 is 0 Å². The third-order valence-corrected chi connectivity index (χ3v) is 6.14. The number of aryl methyl sites for hydroxylation is 1. The Morgan fingerprint density at radius 2 is 1.63 bits per heavy atom. The van der Waals surface area contributed by atoms with Gasteiger partial charge in [0.25, 0.3) is 0 Å². The minimum Gasteiger partial charge on any atom is -0.497 e. The number of ether oxygens (including phenoxy) is 1. The van der Waals surface area contributed by atoms with Crippen molar-refractivity contribution in [1.82, 2.24) is 10.2 Å². The van der Waals surface area contributed by atoms with Crippen LogP contribution in [0.5, 0.6) is 5.75 Å². The molecule has 0 saturated carbocycles. The molecule has 156 valence electrons. The first-order chi connectivity index (χ1) is 14.7. The van der Waals surface area contributed by atoms with Gasteiger partial charge in [-0.2, -0.15) is 0 Å². The molecule has 1 fully saturated rings. The van der Waals surface area contributed by atoms with Crippen molar-refractivity contribution in [3.05, 3.63) is 101 Å². The molecule has 0 aliphatic carbocycles. The Bertz CT molecular complexity index is 915. The molecule has 1 atom stereocenters. The normalized spacial score (nSPS) is 16.3. The van der Waals surface area contributed by atoms with E-state index in [0.717, 1.165) is 25.4 Å². The molecule has 30 heavy (non-hydrogen) atoms. The second-order valence-electron chi connectivity index (χ2n) is 8.27. The second-order valence-corrected chi connectivity index (χ2v) is 8.27. The minimum atomic E-state index is 0.260. The molecule has 1 heterocycles. The first kappa shape index (κ1) is 20.6. The molecule has 1 N–H and O–H groups in total. The number of hydrogen-bond donors (Lipinski definition) is 1. The van der Waals surface area contributed by atoms with Crippen LogP contribution in [0.4, 0.5) is 0 Å². The lowest BCUT2D eigenvalue weighted by Gasteiger charge is -2.38. The van der Waals surface area contributed by atoms with Crippen LogP contribution in [0.2, 0.25) is 0 Å². The molecular formula is C27H32N2O. The van der Waals surface area contributed by atoms with Crippen molar-refractivity contribution in [2.75, 3.05) is 20.2 Å². The average molecular weight is 401 g/mol. The zero-order valence-corrected chi connectivity index (χ0v) is 18.1. The van der Waals surface area contributed by atoms with Crippen molar-refractivity contribution in [3.8, 4) is 5.75 Å². The third-order valence-electron chi connectivity index (χ3n) is 6.14. The van der Waals surface area contributed by atoms with Crippen molar-refractivity contribution in [2.45, 2.75) is 38.4 Å². The zero-order valence-electron chi connectivity index (χ0n) is 18.1. The average Bonchev–Trinajstić information content (AvgIpc) is 2.81. The van der Waals surface area contributed by atoms with Gasteiger partial charge in [0.2, 0.25) is 0 Å². The van der Waals surface area contributed by atoms with Crippen LogP contribution in [0.15, 0.2) is 78.9 Å². The molecule has 0 radical (unpaired) electrons. The smallest absolute Gasteiger partial charge is 0.119 e. The lowest BCUT2D eigenvalue weighted by atomic mass is 9.93. The molecule has 1 saturated heterocycles. The first-order valence-electron chi connectivity index (χ1n) is 10.9. The van der Waals surface area contributed by atoms with E-state index in [2.05, 4.69) is 89.9 Å². The number of piperidine rings is 1. The van der Waals surface area contributed by atoms with Gasteiger partial charge in [-0.05, 0) is 48.6 Å². The van der Waals surface area contributed by atoms with Crippen LogP contribution < -0.4 is 10.1 Å². The molecule has 0 spiro atoms. The van der Waals surface area contributed by atoms with Crippen LogP contribution in [0.25, 0.3) is 0 Å². The number of methoxy groups -OCH3 is 1. The summed E-state index contributed by atoms with van der Waals surface area (Å²) in [6.07, 6.45) is 2.33. The van der Waals surface area contributed by atoms with Crippen molar-refractivity contribution < 1.29 is 4.74 Å². The van der Waals surface area contributed by atoms with E-state index in [-0.39, 0.29) is 6.04 Å². The molecular weight excluding hydrogens is 368 g/mol. The van der Waals surface area contributed by atoms with Crippen LogP contribution >= 0.6 is 0 Å². The topological polar surface area (TPSA) is 24.5 Å². The number of likely N-dealkylation sites (tertiary alicyclic amines) is 1. The molecule has 3 nitrogen and oxygen atoms in total. The lowest BCUT2D eigenvalue weighted by molar-refractivity contribution is 0.162. The van der Waals surface area contributed by atoms with Crippen LogP contribution in [0.1, 0.15) is 41.1 Å². The fourth-order valence-corrected chi connectivity index (χ4v) is 4.39. The van der Waals surface area contributed by atoms with Gasteiger partial charge in [-0.25, -0.2) is 0 Å². The van der Waals surface area contributed by atoms with Crippen LogP contribution in [-0.4, -0.2) is 31.1 Å². The van der Waals surface area contributed by atoms with Crippen molar-refractivity contribution in [1.29, 1.82) is 0 Å². The van der Waals surface area contributed by atoms with Gasteiger partial charge in [0.1, 0.15) is 5.75 Å². The number of benzene rings is 3. The number of nitrogens with zero attached hydrogens (tertiary/aromatic N) is 1. The Labute approximate surface area is 180 Å². The SMILES string of the molecule is COc1cccc(C(c2ccc(C)cc2)N2CCC(NCc3ccccc3)CC2)c1. The predicted molar refractivity (Wildman–Crippen MR) is 124 cm³/mol. The highest BCUT2D eigenvalue weighted by Crippen LogP contribution is 2.33. The highest BCUT2D eigenvalue weighted by molar-refractivity contribution is 5.37. The molecule has 1 aliphatic rings. The summed E-state index contributed by atoms with van der Waals surface area (Å²) >= 11 is 0. The van der Waals surface area contributed by atoms with Crippen molar-refractivity contribution in [3.63, 3.8) is 0 Å². The molecule has 0 bridgehead atoms. The maximum absolute atomic E-state index is 5.51. The van der Waals surface area contributed by atoms with Gasteiger partial charge in [-0.1, -0.05) is 72.3 Å². The van der Waals surface area contributed by atoms with E-state index in [1.165, 1.54) is 35.1 Å². The van der Waals surface area contributed by atoms with E-state index in [1.54, 1.807) is 7.11 Å². The maximum Gasteiger partial charge on any atom is 0.119 e. The van der Waals surface area contributed by atoms with Gasteiger partial charge >= 0.3 is 0 Å². The summed E-state index contributed by atoms with van der Waals surface area (Å²) in [5.41, 5.74) is 5.30. The van der Waals surface area contributed by atoms with Crippen LogP contribution in [0, 0.1) is 6.92 Å². The van der Waals surface area contributed by atoms with E-state index in [1.807, 2.05) is 6.07 Å². The number of nitrogens with one attached hydrogen (secondary N) is 1. The number of hydrogen-bond acceptors (Lipinski definition) is 3. The van der Waals surface area contributed by atoms with Crippen LogP contribution in [0.3, 0.4) is 0 Å². The highest BCUT2D eigenvalue weighted by Gasteiger charge is 2.27. The Balaban J connectivity index is 1.47. The summed E-state index contributed by atoms with van der Waals surface area (Å²) in [4.78, 5) is 2.63. The fourth-order valence-electron chi connectivity index (χ4n) is 4.39. The Morgan fingerprint density at radius 1 is 0.900 bits per heavy atom. The Hall–Kier alpha value is -2.62. The summed E-state index contributed by atoms with van der Waals surface area (Å²) in [6, 6.07) is 29.0. The first-order valence-corrected chi connectivity index (χ1v) is 10.9. The Kier molecular flexibility index (Phi) is 6.83. The molecule has 0 amide bonds. The molecule has 3 heteroatoms. The van der Waals surface area contributed by atoms with Gasteiger partial charge in [-0.15, -0.1) is 0 Å². The quantitative estimate of drug-likeness (QED) is 0.579. The minimum absolute atomic E-state index is 0.260. The molecule has 3 aromatic carbocycles. The molecule has 1 aliphatic heterocycles. The van der Waals surface area contributed by atoms with Crippen molar-refractivity contribution in [2.24, 2.45) is 0 Å². The van der Waals surface area contributed by atoms with Gasteiger partial charge in [0, 0.05) is 25.7 Å². The molecule has 0 aromatic heterocycles. The van der Waals surface area contributed by atoms with E-state index in [4.69, 9.17) is 4.74 Å². The standard InChI is InChI=1S/C27H32N2O/c1-21-11-13-23(14-12-21)27(24-9-6-10-26(19-24)30-2)29-17-15-25(16-18-29)28-20-22-7-4-3-5-8-22/h3-14,19,25,27-28H,15-18,20H2,1-2H3. The van der Waals surface area contributed by atoms with Gasteiger partial charge < -0.3 is 10.1 Å². The summed E-state index contributed by atoms with van der Waals surface area (Å²) in [5.74, 6) is 0.920. The Morgan fingerprint density at radius 3 is 2.33 bits per heavy atom. The largest absolute Gasteiger partial charge is 0.497 e. The monoisotopic (exact) mass is 400 g/mol. The highest BCUT2D eigenvalue weighted by atomic mass is 16.5.